The van der Waals surface area contributed by atoms with Crippen LogP contribution in [0.15, 0.2) is 18.2 Å². The SMILES string of the molecule is COc1ccc(C(Br)CBr)cc1OC. The summed E-state index contributed by atoms with van der Waals surface area (Å²) in [5.41, 5.74) is 1.17. The fraction of sp³-hybridized carbons (Fsp3) is 0.400. The first-order chi connectivity index (χ1) is 6.72. The summed E-state index contributed by atoms with van der Waals surface area (Å²) in [4.78, 5) is 0.294. The molecule has 0 spiro atoms. The van der Waals surface area contributed by atoms with Gasteiger partial charge in [-0.25, -0.2) is 0 Å². The number of ether oxygens (including phenoxy) is 2. The topological polar surface area (TPSA) is 18.5 Å². The number of benzene rings is 1. The lowest BCUT2D eigenvalue weighted by atomic mass is 10.1. The molecule has 1 unspecified atom stereocenters. The molecular weight excluding hydrogens is 312 g/mol. The van der Waals surface area contributed by atoms with E-state index in [0.717, 1.165) is 16.8 Å². The van der Waals surface area contributed by atoms with Crippen molar-refractivity contribution in [3.05, 3.63) is 23.8 Å². The Hall–Kier alpha value is -0.220. The molecule has 0 saturated carbocycles. The van der Waals surface area contributed by atoms with E-state index in [4.69, 9.17) is 9.47 Å². The highest BCUT2D eigenvalue weighted by Crippen LogP contribution is 2.33. The highest BCUT2D eigenvalue weighted by molar-refractivity contribution is 9.12. The minimum absolute atomic E-state index is 0.294. The van der Waals surface area contributed by atoms with Crippen molar-refractivity contribution < 1.29 is 9.47 Å². The van der Waals surface area contributed by atoms with E-state index in [2.05, 4.69) is 31.9 Å². The largest absolute Gasteiger partial charge is 0.493 e. The lowest BCUT2D eigenvalue weighted by molar-refractivity contribution is 0.354. The molecule has 0 saturated heterocycles. The maximum Gasteiger partial charge on any atom is 0.161 e. The third-order valence-corrected chi connectivity index (χ3v) is 4.27. The summed E-state index contributed by atoms with van der Waals surface area (Å²) in [6.07, 6.45) is 0. The first-order valence-electron chi connectivity index (χ1n) is 4.15. The molecule has 78 valence electrons. The van der Waals surface area contributed by atoms with Gasteiger partial charge in [-0.3, -0.25) is 0 Å². The highest BCUT2D eigenvalue weighted by atomic mass is 79.9. The average Bonchev–Trinajstić information content (AvgIpc) is 2.26. The van der Waals surface area contributed by atoms with Crippen LogP contribution in [0.1, 0.15) is 10.4 Å². The monoisotopic (exact) mass is 322 g/mol. The molecule has 4 heteroatoms. The van der Waals surface area contributed by atoms with Crippen LogP contribution in [0.25, 0.3) is 0 Å². The molecule has 2 nitrogen and oxygen atoms in total. The molecule has 0 aliphatic heterocycles. The number of alkyl halides is 2. The van der Waals surface area contributed by atoms with E-state index in [1.807, 2.05) is 18.2 Å². The molecule has 0 bridgehead atoms. The smallest absolute Gasteiger partial charge is 0.161 e. The van der Waals surface area contributed by atoms with Crippen molar-refractivity contribution in [2.24, 2.45) is 0 Å². The Morgan fingerprint density at radius 1 is 1.21 bits per heavy atom. The zero-order valence-electron chi connectivity index (χ0n) is 8.09. The number of hydrogen-bond donors (Lipinski definition) is 0. The van der Waals surface area contributed by atoms with Crippen molar-refractivity contribution in [3.63, 3.8) is 0 Å². The van der Waals surface area contributed by atoms with E-state index in [1.165, 1.54) is 5.56 Å². The van der Waals surface area contributed by atoms with Crippen LogP contribution >= 0.6 is 31.9 Å². The first-order valence-corrected chi connectivity index (χ1v) is 6.18. The lowest BCUT2D eigenvalue weighted by Gasteiger charge is -2.11. The summed E-state index contributed by atoms with van der Waals surface area (Å²) in [6.45, 7) is 0. The van der Waals surface area contributed by atoms with Gasteiger partial charge in [-0.05, 0) is 17.7 Å². The predicted molar refractivity (Wildman–Crippen MR) is 65.0 cm³/mol. The van der Waals surface area contributed by atoms with E-state index < -0.39 is 0 Å². The van der Waals surface area contributed by atoms with E-state index in [9.17, 15) is 0 Å². The van der Waals surface area contributed by atoms with Gasteiger partial charge in [-0.1, -0.05) is 37.9 Å². The molecule has 0 aromatic heterocycles. The van der Waals surface area contributed by atoms with E-state index in [1.54, 1.807) is 14.2 Å². The van der Waals surface area contributed by atoms with Crippen molar-refractivity contribution in [3.8, 4) is 11.5 Å². The van der Waals surface area contributed by atoms with Gasteiger partial charge < -0.3 is 9.47 Å². The molecule has 1 rings (SSSR count). The van der Waals surface area contributed by atoms with Gasteiger partial charge in [-0.15, -0.1) is 0 Å². The zero-order chi connectivity index (χ0) is 10.6. The number of halogens is 2. The van der Waals surface area contributed by atoms with Crippen molar-refractivity contribution in [2.45, 2.75) is 4.83 Å². The Kier molecular flexibility index (Phi) is 4.75. The van der Waals surface area contributed by atoms with Gasteiger partial charge >= 0.3 is 0 Å². The molecule has 0 N–H and O–H groups in total. The van der Waals surface area contributed by atoms with Crippen LogP contribution in [-0.2, 0) is 0 Å². The first kappa shape index (κ1) is 11.9. The molecule has 0 aliphatic carbocycles. The van der Waals surface area contributed by atoms with Crippen molar-refractivity contribution in [1.82, 2.24) is 0 Å². The molecule has 0 radical (unpaired) electrons. The molecule has 1 aromatic rings. The number of hydrogen-bond acceptors (Lipinski definition) is 2. The average molecular weight is 324 g/mol. The highest BCUT2D eigenvalue weighted by Gasteiger charge is 2.09. The van der Waals surface area contributed by atoms with Gasteiger partial charge in [0.1, 0.15) is 0 Å². The number of rotatable bonds is 4. The maximum absolute atomic E-state index is 5.21. The summed E-state index contributed by atoms with van der Waals surface area (Å²) in [6, 6.07) is 5.90. The molecule has 0 heterocycles. The Morgan fingerprint density at radius 3 is 2.36 bits per heavy atom. The normalized spacial score (nSPS) is 12.3. The zero-order valence-corrected chi connectivity index (χ0v) is 11.3. The maximum atomic E-state index is 5.21. The van der Waals surface area contributed by atoms with Gasteiger partial charge in [0.15, 0.2) is 11.5 Å². The molecule has 0 fully saturated rings. The minimum Gasteiger partial charge on any atom is -0.493 e. The quantitative estimate of drug-likeness (QED) is 0.789. The third-order valence-electron chi connectivity index (χ3n) is 1.90. The summed E-state index contributed by atoms with van der Waals surface area (Å²) in [5, 5.41) is 0.864. The third kappa shape index (κ3) is 2.64. The van der Waals surface area contributed by atoms with Gasteiger partial charge in [0.2, 0.25) is 0 Å². The van der Waals surface area contributed by atoms with E-state index in [0.29, 0.717) is 4.83 Å². The molecule has 0 amide bonds. The Morgan fingerprint density at radius 2 is 1.86 bits per heavy atom. The van der Waals surface area contributed by atoms with Crippen LogP contribution in [0.3, 0.4) is 0 Å². The molecule has 1 atom stereocenters. The Balaban J connectivity index is 3.01. The van der Waals surface area contributed by atoms with Crippen LogP contribution in [0.2, 0.25) is 0 Å². The second-order valence-corrected chi connectivity index (χ2v) is 4.49. The van der Waals surface area contributed by atoms with Gasteiger partial charge in [0.05, 0.1) is 14.2 Å². The predicted octanol–water partition coefficient (Wildman–Crippen LogP) is 3.53. The van der Waals surface area contributed by atoms with Crippen molar-refractivity contribution in [2.75, 3.05) is 19.5 Å². The van der Waals surface area contributed by atoms with Crippen molar-refractivity contribution in [1.29, 1.82) is 0 Å². The molecule has 0 aliphatic rings. The van der Waals surface area contributed by atoms with Gasteiger partial charge in [0.25, 0.3) is 0 Å². The van der Waals surface area contributed by atoms with Crippen LogP contribution in [0, 0.1) is 0 Å². The standard InChI is InChI=1S/C10H12Br2O2/c1-13-9-4-3-7(8(12)6-11)5-10(9)14-2/h3-5,8H,6H2,1-2H3. The Bertz CT molecular complexity index is 302. The van der Waals surface area contributed by atoms with Crippen LogP contribution < -0.4 is 9.47 Å². The van der Waals surface area contributed by atoms with E-state index in [-0.39, 0.29) is 0 Å². The van der Waals surface area contributed by atoms with Crippen LogP contribution in [0.4, 0.5) is 0 Å². The summed E-state index contributed by atoms with van der Waals surface area (Å²) in [7, 11) is 3.27. The minimum atomic E-state index is 0.294. The number of methoxy groups -OCH3 is 2. The van der Waals surface area contributed by atoms with Crippen LogP contribution in [-0.4, -0.2) is 19.5 Å². The van der Waals surface area contributed by atoms with Crippen molar-refractivity contribution >= 4 is 31.9 Å². The summed E-state index contributed by atoms with van der Waals surface area (Å²) in [5.74, 6) is 1.51. The fourth-order valence-electron chi connectivity index (χ4n) is 1.14. The lowest BCUT2D eigenvalue weighted by Crippen LogP contribution is -1.95. The fourth-order valence-corrected chi connectivity index (χ4v) is 1.80. The molecule has 14 heavy (non-hydrogen) atoms. The van der Waals surface area contributed by atoms with Gasteiger partial charge in [-0.2, -0.15) is 0 Å². The van der Waals surface area contributed by atoms with Gasteiger partial charge in [0, 0.05) is 10.2 Å². The summed E-state index contributed by atoms with van der Waals surface area (Å²) >= 11 is 6.97. The van der Waals surface area contributed by atoms with E-state index >= 15 is 0 Å². The van der Waals surface area contributed by atoms with Crippen LogP contribution in [0.5, 0.6) is 11.5 Å². The Labute approximate surface area is 101 Å². The summed E-state index contributed by atoms with van der Waals surface area (Å²) < 4.78 is 10.4. The second-order valence-electron chi connectivity index (χ2n) is 2.74. The second kappa shape index (κ2) is 5.61. The molecular formula is C10H12Br2O2. The molecule has 1 aromatic carbocycles.